The smallest absolute Gasteiger partial charge is 0.254 e. The molecule has 0 aromatic carbocycles. The van der Waals surface area contributed by atoms with Gasteiger partial charge in [-0.1, -0.05) is 0 Å². The van der Waals surface area contributed by atoms with Crippen molar-refractivity contribution in [2.45, 2.75) is 6.92 Å². The lowest BCUT2D eigenvalue weighted by molar-refractivity contribution is 0.632. The van der Waals surface area contributed by atoms with E-state index in [9.17, 15) is 0 Å². The largest absolute Gasteiger partial charge is 0.353 e. The van der Waals surface area contributed by atoms with Crippen molar-refractivity contribution in [1.82, 2.24) is 39.3 Å². The van der Waals surface area contributed by atoms with Gasteiger partial charge in [0.05, 0.1) is 24.3 Å². The van der Waals surface area contributed by atoms with E-state index in [1.54, 1.807) is 27.9 Å². The van der Waals surface area contributed by atoms with Crippen LogP contribution in [0.3, 0.4) is 0 Å². The van der Waals surface area contributed by atoms with Crippen LogP contribution in [0.4, 0.5) is 11.6 Å². The highest BCUT2D eigenvalue weighted by molar-refractivity contribution is 5.58. The molecule has 0 bridgehead atoms. The lowest BCUT2D eigenvalue weighted by Gasteiger charge is -2.36. The highest BCUT2D eigenvalue weighted by Gasteiger charge is 2.21. The van der Waals surface area contributed by atoms with Crippen LogP contribution < -0.4 is 9.80 Å². The summed E-state index contributed by atoms with van der Waals surface area (Å²) in [5, 5.41) is 8.53. The molecule has 1 aliphatic heterocycles. The quantitative estimate of drug-likeness (QED) is 0.522. The maximum Gasteiger partial charge on any atom is 0.254 e. The second-order valence-electron chi connectivity index (χ2n) is 6.87. The van der Waals surface area contributed by atoms with E-state index in [2.05, 4.69) is 41.0 Å². The summed E-state index contributed by atoms with van der Waals surface area (Å²) in [5.74, 6) is 2.54. The summed E-state index contributed by atoms with van der Waals surface area (Å²) in [4.78, 5) is 22.4. The number of hydrogen-bond acceptors (Lipinski definition) is 8. The Morgan fingerprint density at radius 3 is 2.54 bits per heavy atom. The number of rotatable bonds is 3. The molecule has 0 N–H and O–H groups in total. The molecule has 0 amide bonds. The van der Waals surface area contributed by atoms with Crippen molar-refractivity contribution < 1.29 is 0 Å². The normalized spacial score (nSPS) is 14.8. The molecule has 0 aliphatic carbocycles. The molecule has 10 heteroatoms. The van der Waals surface area contributed by atoms with Crippen molar-refractivity contribution in [2.75, 3.05) is 36.0 Å². The van der Waals surface area contributed by atoms with Gasteiger partial charge in [-0.2, -0.15) is 19.7 Å². The SMILES string of the molecule is Cc1cc(N2CCN(c3cncc(-c4cnn(C)c4)n3)CC2)n2ncnc2n1. The molecular formula is C18H20N10. The van der Waals surface area contributed by atoms with Gasteiger partial charge in [-0.15, -0.1) is 0 Å². The maximum absolute atomic E-state index is 4.79. The van der Waals surface area contributed by atoms with Crippen LogP contribution >= 0.6 is 0 Å². The predicted octanol–water partition coefficient (Wildman–Crippen LogP) is 0.950. The molecule has 1 aliphatic rings. The molecule has 0 atom stereocenters. The average Bonchev–Trinajstić information content (AvgIpc) is 3.36. The number of nitrogens with zero attached hydrogens (tertiary/aromatic N) is 10. The van der Waals surface area contributed by atoms with Crippen LogP contribution in [-0.2, 0) is 7.05 Å². The first kappa shape index (κ1) is 16.6. The molecule has 4 aromatic rings. The number of fused-ring (bicyclic) bond motifs is 1. The van der Waals surface area contributed by atoms with Crippen LogP contribution in [0.5, 0.6) is 0 Å². The molecule has 28 heavy (non-hydrogen) atoms. The molecule has 1 saturated heterocycles. The zero-order chi connectivity index (χ0) is 19.1. The molecule has 0 saturated carbocycles. The topological polar surface area (TPSA) is 93.2 Å². The summed E-state index contributed by atoms with van der Waals surface area (Å²) in [6.45, 7) is 5.40. The fourth-order valence-electron chi connectivity index (χ4n) is 3.50. The number of aromatic nitrogens is 8. The van der Waals surface area contributed by atoms with E-state index >= 15 is 0 Å². The average molecular weight is 376 g/mol. The molecule has 5 heterocycles. The van der Waals surface area contributed by atoms with Gasteiger partial charge in [0, 0.05) is 56.7 Å². The summed E-state index contributed by atoms with van der Waals surface area (Å²) in [6.07, 6.45) is 8.89. The predicted molar refractivity (Wildman–Crippen MR) is 104 cm³/mol. The Bertz CT molecular complexity index is 1120. The number of piperazine rings is 1. The fraction of sp³-hybridized carbons (Fsp3) is 0.333. The Morgan fingerprint density at radius 2 is 1.75 bits per heavy atom. The Morgan fingerprint density at radius 1 is 0.929 bits per heavy atom. The van der Waals surface area contributed by atoms with Crippen LogP contribution in [0.1, 0.15) is 5.69 Å². The molecule has 4 aromatic heterocycles. The molecule has 5 rings (SSSR count). The first-order valence-electron chi connectivity index (χ1n) is 9.16. The molecule has 10 nitrogen and oxygen atoms in total. The van der Waals surface area contributed by atoms with Gasteiger partial charge >= 0.3 is 0 Å². The molecule has 142 valence electrons. The number of hydrogen-bond donors (Lipinski definition) is 0. The minimum Gasteiger partial charge on any atom is -0.353 e. The van der Waals surface area contributed by atoms with Crippen LogP contribution in [0.25, 0.3) is 17.0 Å². The number of anilines is 2. The Kier molecular flexibility index (Phi) is 3.89. The fourth-order valence-corrected chi connectivity index (χ4v) is 3.50. The van der Waals surface area contributed by atoms with E-state index in [1.165, 1.54) is 0 Å². The van der Waals surface area contributed by atoms with E-state index in [4.69, 9.17) is 4.98 Å². The van der Waals surface area contributed by atoms with Crippen LogP contribution in [0, 0.1) is 6.92 Å². The van der Waals surface area contributed by atoms with Crippen LogP contribution in [-0.4, -0.2) is 65.5 Å². The Labute approximate surface area is 161 Å². The first-order chi connectivity index (χ1) is 13.7. The summed E-state index contributed by atoms with van der Waals surface area (Å²) in [6, 6.07) is 2.06. The van der Waals surface area contributed by atoms with E-state index in [0.717, 1.165) is 54.8 Å². The molecule has 1 fully saturated rings. The second kappa shape index (κ2) is 6.55. The van der Waals surface area contributed by atoms with Gasteiger partial charge in [0.25, 0.3) is 5.78 Å². The van der Waals surface area contributed by atoms with E-state index in [0.29, 0.717) is 5.78 Å². The van der Waals surface area contributed by atoms with Crippen molar-refractivity contribution in [3.63, 3.8) is 0 Å². The summed E-state index contributed by atoms with van der Waals surface area (Å²) in [5.41, 5.74) is 2.74. The summed E-state index contributed by atoms with van der Waals surface area (Å²) < 4.78 is 3.57. The van der Waals surface area contributed by atoms with E-state index in [-0.39, 0.29) is 0 Å². The van der Waals surface area contributed by atoms with Crippen molar-refractivity contribution in [2.24, 2.45) is 7.05 Å². The second-order valence-corrected chi connectivity index (χ2v) is 6.87. The molecule has 0 radical (unpaired) electrons. The van der Waals surface area contributed by atoms with Crippen molar-refractivity contribution in [1.29, 1.82) is 0 Å². The van der Waals surface area contributed by atoms with Gasteiger partial charge in [0.15, 0.2) is 0 Å². The Hall–Kier alpha value is -3.56. The monoisotopic (exact) mass is 376 g/mol. The zero-order valence-electron chi connectivity index (χ0n) is 15.8. The summed E-state index contributed by atoms with van der Waals surface area (Å²) in [7, 11) is 1.90. The van der Waals surface area contributed by atoms with E-state index < -0.39 is 0 Å². The van der Waals surface area contributed by atoms with Gasteiger partial charge in [-0.05, 0) is 6.92 Å². The maximum atomic E-state index is 4.79. The standard InChI is InChI=1S/C18H20N10/c1-13-7-17(28-18(23-13)20-12-22-28)27-5-3-26(4-6-27)16-10-19-9-15(24-16)14-8-21-25(2)11-14/h7-12H,3-6H2,1-2H3. The van der Waals surface area contributed by atoms with Gasteiger partial charge in [0.2, 0.25) is 0 Å². The van der Waals surface area contributed by atoms with E-state index in [1.807, 2.05) is 26.4 Å². The molecule has 0 unspecified atom stereocenters. The molecular weight excluding hydrogens is 356 g/mol. The van der Waals surface area contributed by atoms with Gasteiger partial charge in [-0.3, -0.25) is 9.67 Å². The molecule has 0 spiro atoms. The highest BCUT2D eigenvalue weighted by Crippen LogP contribution is 2.22. The summed E-state index contributed by atoms with van der Waals surface area (Å²) >= 11 is 0. The third kappa shape index (κ3) is 2.92. The van der Waals surface area contributed by atoms with Gasteiger partial charge < -0.3 is 9.80 Å². The zero-order valence-corrected chi connectivity index (χ0v) is 15.8. The third-order valence-electron chi connectivity index (χ3n) is 4.91. The minimum absolute atomic E-state index is 0.632. The van der Waals surface area contributed by atoms with Crippen molar-refractivity contribution >= 4 is 17.4 Å². The highest BCUT2D eigenvalue weighted by atomic mass is 15.4. The Balaban J connectivity index is 1.35. The van der Waals surface area contributed by atoms with Crippen LogP contribution in [0.15, 0.2) is 37.2 Å². The van der Waals surface area contributed by atoms with Gasteiger partial charge in [0.1, 0.15) is 18.0 Å². The van der Waals surface area contributed by atoms with Crippen molar-refractivity contribution in [3.8, 4) is 11.3 Å². The lowest BCUT2D eigenvalue weighted by Crippen LogP contribution is -2.47. The number of aryl methyl sites for hydroxylation is 2. The van der Waals surface area contributed by atoms with Gasteiger partial charge in [-0.25, -0.2) is 9.97 Å². The van der Waals surface area contributed by atoms with Crippen molar-refractivity contribution in [3.05, 3.63) is 42.9 Å². The van der Waals surface area contributed by atoms with Crippen LogP contribution in [0.2, 0.25) is 0 Å². The first-order valence-corrected chi connectivity index (χ1v) is 9.16. The third-order valence-corrected chi connectivity index (χ3v) is 4.91. The minimum atomic E-state index is 0.632. The lowest BCUT2D eigenvalue weighted by atomic mass is 10.2.